The van der Waals surface area contributed by atoms with E-state index in [1.54, 1.807) is 62.2 Å². The molecule has 68 heavy (non-hydrogen) atoms. The predicted molar refractivity (Wildman–Crippen MR) is 245 cm³/mol. The summed E-state index contributed by atoms with van der Waals surface area (Å²) in [4.78, 5) is 73.8. The normalized spacial score (nSPS) is 17.0. The van der Waals surface area contributed by atoms with Crippen molar-refractivity contribution in [3.63, 3.8) is 0 Å². The zero-order valence-electron chi connectivity index (χ0n) is 39.9. The minimum absolute atomic E-state index is 0.00627. The molecule has 4 aromatic rings. The van der Waals surface area contributed by atoms with Crippen LogP contribution in [0.3, 0.4) is 0 Å². The molecule has 0 radical (unpaired) electrons. The predicted octanol–water partition coefficient (Wildman–Crippen LogP) is 5.83. The maximum absolute atomic E-state index is 14.6. The van der Waals surface area contributed by atoms with Gasteiger partial charge in [-0.05, 0) is 80.5 Å². The molecule has 4 atom stereocenters. The van der Waals surface area contributed by atoms with E-state index in [0.29, 0.717) is 53.8 Å². The van der Waals surface area contributed by atoms with Crippen LogP contribution in [0.1, 0.15) is 84.1 Å². The van der Waals surface area contributed by atoms with E-state index in [0.717, 1.165) is 12.8 Å². The summed E-state index contributed by atoms with van der Waals surface area (Å²) >= 11 is 0. The fraction of sp³-hybridized carbons (Fsp3) is 0.542. The van der Waals surface area contributed by atoms with Crippen molar-refractivity contribution in [1.29, 1.82) is 0 Å². The van der Waals surface area contributed by atoms with Crippen LogP contribution < -0.4 is 10.7 Å². The van der Waals surface area contributed by atoms with E-state index in [2.05, 4.69) is 32.5 Å². The fourth-order valence-electron chi connectivity index (χ4n) is 9.06. The van der Waals surface area contributed by atoms with Gasteiger partial charge < -0.3 is 33.6 Å². The molecule has 5 heterocycles. The zero-order valence-corrected chi connectivity index (χ0v) is 39.9. The van der Waals surface area contributed by atoms with Crippen molar-refractivity contribution < 1.29 is 51.0 Å². The number of ether oxygens (including phenoxy) is 2. The van der Waals surface area contributed by atoms with Gasteiger partial charge in [0.05, 0.1) is 36.4 Å². The van der Waals surface area contributed by atoms with Gasteiger partial charge in [-0.2, -0.15) is 13.2 Å². The fourth-order valence-corrected chi connectivity index (χ4v) is 9.06. The number of pyridine rings is 1. The topological polar surface area (TPSA) is 194 Å². The SMILES string of the molecule is C=CC(=O)N1CC[C@H](C(=O)N(C)[C@H](C(=O)N[C@@H](Cc2nnc(-c3ccc4c(c3)c(CC(C)(C)COC(C)=O)c(-c3cccnc3[C@H](C)OC)n4CC(F)(F)F)o2)C(=O)N2CCCCN2)C(C)C)C1. The molecule has 0 bridgehead atoms. The second kappa shape index (κ2) is 21.4. The van der Waals surface area contributed by atoms with Crippen molar-refractivity contribution in [2.45, 2.75) is 105 Å². The number of halogens is 3. The van der Waals surface area contributed by atoms with Crippen molar-refractivity contribution >= 4 is 40.5 Å². The van der Waals surface area contributed by atoms with Gasteiger partial charge in [-0.3, -0.25) is 34.0 Å². The summed E-state index contributed by atoms with van der Waals surface area (Å²) in [5.74, 6) is -3.00. The Hall–Kier alpha value is -6.15. The van der Waals surface area contributed by atoms with E-state index in [4.69, 9.17) is 13.9 Å². The molecule has 2 aliphatic rings. The lowest BCUT2D eigenvalue weighted by molar-refractivity contribution is -0.146. The van der Waals surface area contributed by atoms with E-state index < -0.39 is 60.0 Å². The Balaban J connectivity index is 1.37. The minimum Gasteiger partial charge on any atom is -0.465 e. The third kappa shape index (κ3) is 11.9. The Bertz CT molecular complexity index is 2500. The molecule has 6 rings (SSSR count). The van der Waals surface area contributed by atoms with E-state index in [1.807, 2.05) is 13.8 Å². The Kier molecular flexibility index (Phi) is 16.2. The van der Waals surface area contributed by atoms with Gasteiger partial charge in [-0.1, -0.05) is 34.3 Å². The number of likely N-dealkylation sites (N-methyl/N-ethyl adjacent to an activating group) is 1. The highest BCUT2D eigenvalue weighted by Gasteiger charge is 2.40. The Morgan fingerprint density at radius 2 is 1.84 bits per heavy atom. The van der Waals surface area contributed by atoms with E-state index in [-0.39, 0.29) is 66.7 Å². The average molecular weight is 950 g/mol. The number of aromatic nitrogens is 4. The number of carbonyl (C=O) groups excluding carboxylic acids is 5. The molecule has 2 fully saturated rings. The summed E-state index contributed by atoms with van der Waals surface area (Å²) < 4.78 is 62.2. The van der Waals surface area contributed by atoms with Crippen LogP contribution in [0.25, 0.3) is 33.6 Å². The van der Waals surface area contributed by atoms with Gasteiger partial charge in [0.25, 0.3) is 5.91 Å². The van der Waals surface area contributed by atoms with E-state index in [1.165, 1.54) is 41.6 Å². The summed E-state index contributed by atoms with van der Waals surface area (Å²) in [6, 6.07) is 5.97. The maximum atomic E-state index is 14.6. The molecule has 2 saturated heterocycles. The number of nitrogens with zero attached hydrogens (tertiary/aromatic N) is 7. The number of hydrogen-bond donors (Lipinski definition) is 2. The number of benzene rings is 1. The molecule has 3 aromatic heterocycles. The Labute approximate surface area is 393 Å². The monoisotopic (exact) mass is 949 g/mol. The highest BCUT2D eigenvalue weighted by Crippen LogP contribution is 2.43. The van der Waals surface area contributed by atoms with E-state index in [9.17, 15) is 37.1 Å². The quantitative estimate of drug-likeness (QED) is 0.0898. The summed E-state index contributed by atoms with van der Waals surface area (Å²) in [5.41, 5.74) is 4.63. The first-order valence-electron chi connectivity index (χ1n) is 22.8. The molecule has 17 nitrogen and oxygen atoms in total. The van der Waals surface area contributed by atoms with Crippen molar-refractivity contribution in [3.05, 3.63) is 66.3 Å². The maximum Gasteiger partial charge on any atom is 0.406 e. The number of nitrogens with one attached hydrogen (secondary N) is 2. The van der Waals surface area contributed by atoms with Crippen molar-refractivity contribution in [2.75, 3.05) is 46.9 Å². The number of hydrazine groups is 1. The number of esters is 1. The first-order valence-corrected chi connectivity index (χ1v) is 22.8. The van der Waals surface area contributed by atoms with Crippen LogP contribution in [0, 0.1) is 17.3 Å². The molecule has 2 aliphatic heterocycles. The number of likely N-dealkylation sites (tertiary alicyclic amines) is 1. The van der Waals surface area contributed by atoms with Gasteiger partial charge in [-0.15, -0.1) is 10.2 Å². The van der Waals surface area contributed by atoms with Gasteiger partial charge in [0.1, 0.15) is 18.6 Å². The lowest BCUT2D eigenvalue weighted by Gasteiger charge is -2.34. The Morgan fingerprint density at radius 1 is 1.09 bits per heavy atom. The average Bonchev–Trinajstić information content (AvgIpc) is 4.05. The van der Waals surface area contributed by atoms with Crippen molar-refractivity contribution in [3.8, 4) is 22.7 Å². The van der Waals surface area contributed by atoms with Crippen molar-refractivity contribution in [2.24, 2.45) is 17.3 Å². The molecule has 0 saturated carbocycles. The summed E-state index contributed by atoms with van der Waals surface area (Å²) in [6.07, 6.45) is -0.507. The van der Waals surface area contributed by atoms with Crippen LogP contribution in [-0.2, 0) is 52.8 Å². The smallest absolute Gasteiger partial charge is 0.406 e. The first kappa shape index (κ1) is 51.2. The highest BCUT2D eigenvalue weighted by atomic mass is 19.4. The van der Waals surface area contributed by atoms with Crippen LogP contribution in [0.5, 0.6) is 0 Å². The van der Waals surface area contributed by atoms with Gasteiger partial charge in [0.2, 0.25) is 29.5 Å². The molecule has 1 aromatic carbocycles. The van der Waals surface area contributed by atoms with E-state index >= 15 is 0 Å². The van der Waals surface area contributed by atoms with Crippen molar-refractivity contribution in [1.82, 2.24) is 45.3 Å². The zero-order chi connectivity index (χ0) is 49.7. The highest BCUT2D eigenvalue weighted by molar-refractivity contribution is 5.95. The molecule has 0 aliphatic carbocycles. The molecule has 0 unspecified atom stereocenters. The minimum atomic E-state index is -4.63. The molecular weight excluding hydrogens is 888 g/mol. The number of fused-ring (bicyclic) bond motifs is 1. The third-order valence-electron chi connectivity index (χ3n) is 12.4. The Morgan fingerprint density at radius 3 is 2.49 bits per heavy atom. The third-order valence-corrected chi connectivity index (χ3v) is 12.4. The number of alkyl halides is 3. The lowest BCUT2D eigenvalue weighted by Crippen LogP contribution is -2.59. The number of hydrogen-bond acceptors (Lipinski definition) is 12. The summed E-state index contributed by atoms with van der Waals surface area (Å²) in [7, 11) is 3.03. The molecule has 20 heteroatoms. The molecular formula is C48H62F3N9O8. The summed E-state index contributed by atoms with van der Waals surface area (Å²) in [6.45, 7) is 14.1. The molecule has 2 N–H and O–H groups in total. The van der Waals surface area contributed by atoms with Gasteiger partial charge in [-0.25, -0.2) is 5.43 Å². The standard InChI is InChI=1S/C48H62F3N9O8/c1-10-39(62)58-21-17-32(25-58)45(64)57(8)41(28(2)3)43(63)54-36(46(65)60-20-12-11-19-53-60)23-38-55-56-44(68-38)31-15-16-37-34(22-31)35(24-47(6,7)27-67-30(5)61)42(59(37)26-48(49,50)51)33-14-13-18-52-40(33)29(4)66-9/h10,13-16,18,22,28-29,32,36,41,53H,1,11-12,17,19-21,23-27H2,2-9H3,(H,54,63)/t29-,32-,36-,41-/m0/s1. The molecule has 0 spiro atoms. The second-order valence-corrected chi connectivity index (χ2v) is 18.7. The van der Waals surface area contributed by atoms with Crippen LogP contribution in [0.4, 0.5) is 13.2 Å². The van der Waals surface area contributed by atoms with Gasteiger partial charge in [0.15, 0.2) is 0 Å². The lowest BCUT2D eigenvalue weighted by atomic mass is 9.84. The van der Waals surface area contributed by atoms with Gasteiger partial charge in [0, 0.05) is 80.9 Å². The number of methoxy groups -OCH3 is 1. The van der Waals surface area contributed by atoms with Crippen LogP contribution in [0.2, 0.25) is 0 Å². The summed E-state index contributed by atoms with van der Waals surface area (Å²) in [5, 5.41) is 13.3. The van der Waals surface area contributed by atoms with Crippen LogP contribution in [-0.4, -0.2) is 129 Å². The molecule has 368 valence electrons. The molecule has 4 amide bonds. The first-order chi connectivity index (χ1) is 32.1. The largest absolute Gasteiger partial charge is 0.465 e. The number of amides is 4. The number of rotatable bonds is 18. The second-order valence-electron chi connectivity index (χ2n) is 18.7. The van der Waals surface area contributed by atoms with Crippen LogP contribution >= 0.6 is 0 Å². The van der Waals surface area contributed by atoms with Crippen LogP contribution in [0.15, 0.2) is 53.6 Å². The number of carbonyl (C=O) groups is 5. The van der Waals surface area contributed by atoms with Gasteiger partial charge >= 0.3 is 12.1 Å².